The molecule has 0 saturated carbocycles. The van der Waals surface area contributed by atoms with Crippen LogP contribution in [-0.2, 0) is 4.79 Å². The second-order valence-electron chi connectivity index (χ2n) is 5.39. The van der Waals surface area contributed by atoms with E-state index in [1.807, 2.05) is 32.9 Å². The van der Waals surface area contributed by atoms with Gasteiger partial charge in [0.15, 0.2) is 0 Å². The molecule has 0 radical (unpaired) electrons. The predicted octanol–water partition coefficient (Wildman–Crippen LogP) is 2.98. The summed E-state index contributed by atoms with van der Waals surface area (Å²) in [6.45, 7) is 8.59. The van der Waals surface area contributed by atoms with Crippen molar-refractivity contribution in [3.8, 4) is 5.88 Å². The van der Waals surface area contributed by atoms with Crippen molar-refractivity contribution in [2.24, 2.45) is 0 Å². The van der Waals surface area contributed by atoms with E-state index in [4.69, 9.17) is 4.74 Å². The molecule has 118 valence electrons. The van der Waals surface area contributed by atoms with E-state index in [0.717, 1.165) is 31.5 Å². The van der Waals surface area contributed by atoms with Crippen LogP contribution in [0.3, 0.4) is 0 Å². The van der Waals surface area contributed by atoms with Crippen LogP contribution in [0.4, 0.5) is 5.69 Å². The molecule has 1 heterocycles. The van der Waals surface area contributed by atoms with Gasteiger partial charge in [-0.2, -0.15) is 0 Å². The minimum absolute atomic E-state index is 0.00884. The third-order valence-corrected chi connectivity index (χ3v) is 2.96. The number of unbranched alkanes of at least 4 members (excludes halogenated alkanes) is 2. The van der Waals surface area contributed by atoms with Crippen molar-refractivity contribution >= 4 is 11.6 Å². The summed E-state index contributed by atoms with van der Waals surface area (Å²) in [6, 6.07) is 3.36. The summed E-state index contributed by atoms with van der Waals surface area (Å²) >= 11 is 0. The van der Waals surface area contributed by atoms with E-state index in [-0.39, 0.29) is 18.1 Å². The van der Waals surface area contributed by atoms with Crippen LogP contribution < -0.4 is 15.4 Å². The van der Waals surface area contributed by atoms with Crippen molar-refractivity contribution in [2.45, 2.75) is 59.1 Å². The quantitative estimate of drug-likeness (QED) is 0.687. The number of ether oxygens (including phenoxy) is 1. The fourth-order valence-corrected chi connectivity index (χ4v) is 1.86. The van der Waals surface area contributed by atoms with Crippen molar-refractivity contribution in [1.29, 1.82) is 0 Å². The zero-order valence-corrected chi connectivity index (χ0v) is 13.5. The topological polar surface area (TPSA) is 63.2 Å². The number of pyridine rings is 1. The Hall–Kier alpha value is -1.78. The number of nitrogens with zero attached hydrogens (tertiary/aromatic N) is 1. The summed E-state index contributed by atoms with van der Waals surface area (Å²) in [4.78, 5) is 16.2. The molecule has 0 aliphatic carbocycles. The second kappa shape index (κ2) is 9.21. The molecule has 0 spiro atoms. The Morgan fingerprint density at radius 2 is 2.10 bits per heavy atom. The SMILES string of the molecule is CCCCCNC(=O)C(C)Nc1cccnc1OC(C)C. The van der Waals surface area contributed by atoms with Crippen LogP contribution in [0.1, 0.15) is 47.0 Å². The third kappa shape index (κ3) is 6.47. The van der Waals surface area contributed by atoms with Gasteiger partial charge in [-0.05, 0) is 39.3 Å². The Morgan fingerprint density at radius 3 is 2.76 bits per heavy atom. The van der Waals surface area contributed by atoms with Gasteiger partial charge in [0.05, 0.1) is 11.8 Å². The molecule has 5 nitrogen and oxygen atoms in total. The number of aromatic nitrogens is 1. The first-order chi connectivity index (χ1) is 10.0. The van der Waals surface area contributed by atoms with Gasteiger partial charge in [0.1, 0.15) is 6.04 Å². The van der Waals surface area contributed by atoms with Gasteiger partial charge in [0, 0.05) is 12.7 Å². The fourth-order valence-electron chi connectivity index (χ4n) is 1.86. The van der Waals surface area contributed by atoms with Gasteiger partial charge in [0.25, 0.3) is 0 Å². The maximum Gasteiger partial charge on any atom is 0.242 e. The average molecular weight is 293 g/mol. The molecule has 1 aromatic rings. The van der Waals surface area contributed by atoms with Crippen molar-refractivity contribution in [2.75, 3.05) is 11.9 Å². The number of anilines is 1. The molecule has 2 N–H and O–H groups in total. The Kier molecular flexibility index (Phi) is 7.58. The Morgan fingerprint density at radius 1 is 1.33 bits per heavy atom. The zero-order valence-electron chi connectivity index (χ0n) is 13.5. The number of rotatable bonds is 9. The Bertz CT molecular complexity index is 435. The fraction of sp³-hybridized carbons (Fsp3) is 0.625. The molecule has 1 atom stereocenters. The van der Waals surface area contributed by atoms with E-state index >= 15 is 0 Å². The first-order valence-corrected chi connectivity index (χ1v) is 7.70. The predicted molar refractivity (Wildman–Crippen MR) is 85.6 cm³/mol. The third-order valence-electron chi connectivity index (χ3n) is 2.96. The molecule has 0 fully saturated rings. The van der Waals surface area contributed by atoms with E-state index in [9.17, 15) is 4.79 Å². The first kappa shape index (κ1) is 17.3. The molecule has 1 rings (SSSR count). The van der Waals surface area contributed by atoms with Crippen molar-refractivity contribution in [3.05, 3.63) is 18.3 Å². The number of carbonyl (C=O) groups is 1. The lowest BCUT2D eigenvalue weighted by Crippen LogP contribution is -2.38. The summed E-state index contributed by atoms with van der Waals surface area (Å²) in [7, 11) is 0. The van der Waals surface area contributed by atoms with Crippen LogP contribution in [0.2, 0.25) is 0 Å². The van der Waals surface area contributed by atoms with E-state index in [0.29, 0.717) is 5.88 Å². The van der Waals surface area contributed by atoms with Crippen LogP contribution in [0.25, 0.3) is 0 Å². The lowest BCUT2D eigenvalue weighted by atomic mass is 10.2. The van der Waals surface area contributed by atoms with Gasteiger partial charge in [-0.3, -0.25) is 4.79 Å². The van der Waals surface area contributed by atoms with Gasteiger partial charge in [-0.25, -0.2) is 4.98 Å². The summed E-state index contributed by atoms with van der Waals surface area (Å²) in [5, 5.41) is 6.09. The van der Waals surface area contributed by atoms with Crippen molar-refractivity contribution in [1.82, 2.24) is 10.3 Å². The second-order valence-corrected chi connectivity index (χ2v) is 5.39. The van der Waals surface area contributed by atoms with Crippen LogP contribution in [-0.4, -0.2) is 29.6 Å². The minimum atomic E-state index is -0.328. The lowest BCUT2D eigenvalue weighted by molar-refractivity contribution is -0.121. The van der Waals surface area contributed by atoms with Gasteiger partial charge in [-0.15, -0.1) is 0 Å². The molecule has 0 aliphatic heterocycles. The Labute approximate surface area is 127 Å². The highest BCUT2D eigenvalue weighted by Crippen LogP contribution is 2.22. The molecule has 0 bridgehead atoms. The number of hydrogen-bond acceptors (Lipinski definition) is 4. The molecular weight excluding hydrogens is 266 g/mol. The summed E-state index contributed by atoms with van der Waals surface area (Å²) in [6.07, 6.45) is 5.02. The molecule has 0 aliphatic rings. The van der Waals surface area contributed by atoms with Crippen molar-refractivity contribution < 1.29 is 9.53 Å². The monoisotopic (exact) mass is 293 g/mol. The maximum absolute atomic E-state index is 12.0. The maximum atomic E-state index is 12.0. The van der Waals surface area contributed by atoms with Crippen LogP contribution >= 0.6 is 0 Å². The molecule has 21 heavy (non-hydrogen) atoms. The first-order valence-electron chi connectivity index (χ1n) is 7.70. The molecule has 0 aromatic carbocycles. The molecule has 0 saturated heterocycles. The summed E-state index contributed by atoms with van der Waals surface area (Å²) in [5.74, 6) is 0.517. The Balaban J connectivity index is 2.53. The van der Waals surface area contributed by atoms with Gasteiger partial charge >= 0.3 is 0 Å². The zero-order chi connectivity index (χ0) is 15.7. The van der Waals surface area contributed by atoms with E-state index in [2.05, 4.69) is 22.5 Å². The minimum Gasteiger partial charge on any atom is -0.473 e. The van der Waals surface area contributed by atoms with Crippen LogP contribution in [0.5, 0.6) is 5.88 Å². The molecule has 5 heteroatoms. The van der Waals surface area contributed by atoms with E-state index < -0.39 is 0 Å². The lowest BCUT2D eigenvalue weighted by Gasteiger charge is -2.18. The number of hydrogen-bond donors (Lipinski definition) is 2. The number of carbonyl (C=O) groups excluding carboxylic acids is 1. The number of nitrogens with one attached hydrogen (secondary N) is 2. The van der Waals surface area contributed by atoms with Gasteiger partial charge < -0.3 is 15.4 Å². The van der Waals surface area contributed by atoms with E-state index in [1.54, 1.807) is 6.20 Å². The summed E-state index contributed by atoms with van der Waals surface area (Å²) < 4.78 is 5.63. The van der Waals surface area contributed by atoms with Crippen LogP contribution in [0.15, 0.2) is 18.3 Å². The van der Waals surface area contributed by atoms with Crippen molar-refractivity contribution in [3.63, 3.8) is 0 Å². The molecular formula is C16H27N3O2. The summed E-state index contributed by atoms with van der Waals surface area (Å²) in [5.41, 5.74) is 0.738. The highest BCUT2D eigenvalue weighted by Gasteiger charge is 2.15. The largest absolute Gasteiger partial charge is 0.473 e. The molecule has 1 amide bonds. The van der Waals surface area contributed by atoms with Crippen LogP contribution in [0, 0.1) is 0 Å². The molecule has 1 unspecified atom stereocenters. The highest BCUT2D eigenvalue weighted by atomic mass is 16.5. The van der Waals surface area contributed by atoms with Gasteiger partial charge in [0.2, 0.25) is 11.8 Å². The average Bonchev–Trinajstić information content (AvgIpc) is 2.45. The standard InChI is InChI=1S/C16H27N3O2/c1-5-6-7-10-17-15(20)13(4)19-14-9-8-11-18-16(14)21-12(2)3/h8-9,11-13,19H,5-7,10H2,1-4H3,(H,17,20). The molecule has 1 aromatic heterocycles. The van der Waals surface area contributed by atoms with Gasteiger partial charge in [-0.1, -0.05) is 19.8 Å². The highest BCUT2D eigenvalue weighted by molar-refractivity contribution is 5.84. The number of amides is 1. The normalized spacial score (nSPS) is 12.0. The smallest absolute Gasteiger partial charge is 0.242 e. The van der Waals surface area contributed by atoms with E-state index in [1.165, 1.54) is 0 Å².